The zero-order valence-corrected chi connectivity index (χ0v) is 14.2. The molecule has 1 heterocycles. The molecular weight excluding hydrogens is 321 g/mol. The van der Waals surface area contributed by atoms with Crippen LogP contribution in [0.15, 0.2) is 48.5 Å². The number of rotatable bonds is 4. The minimum absolute atomic E-state index is 0.235. The van der Waals surface area contributed by atoms with E-state index in [-0.39, 0.29) is 11.4 Å². The molecule has 1 N–H and O–H groups in total. The summed E-state index contributed by atoms with van der Waals surface area (Å²) in [6.45, 7) is 3.58. The SMILES string of the molecule is COc1ccc(F)c(-c2ccccc2-n2c(C)cc(C(=O)O)c2C)c1. The molecule has 1 aromatic heterocycles. The minimum atomic E-state index is -0.982. The number of carboxylic acids is 1. The zero-order chi connectivity index (χ0) is 18.1. The van der Waals surface area contributed by atoms with Gasteiger partial charge >= 0.3 is 5.97 Å². The van der Waals surface area contributed by atoms with Crippen molar-refractivity contribution >= 4 is 5.97 Å². The van der Waals surface area contributed by atoms with E-state index in [2.05, 4.69) is 0 Å². The van der Waals surface area contributed by atoms with Gasteiger partial charge in [-0.25, -0.2) is 9.18 Å². The van der Waals surface area contributed by atoms with Crippen molar-refractivity contribution in [2.24, 2.45) is 0 Å². The van der Waals surface area contributed by atoms with E-state index in [0.717, 1.165) is 11.4 Å². The number of hydrogen-bond donors (Lipinski definition) is 1. The highest BCUT2D eigenvalue weighted by Gasteiger charge is 2.19. The highest BCUT2D eigenvalue weighted by Crippen LogP contribution is 2.33. The quantitative estimate of drug-likeness (QED) is 0.755. The van der Waals surface area contributed by atoms with Crippen molar-refractivity contribution in [2.45, 2.75) is 13.8 Å². The Morgan fingerprint density at radius 2 is 1.80 bits per heavy atom. The number of aromatic nitrogens is 1. The number of nitrogens with zero attached hydrogens (tertiary/aromatic N) is 1. The second kappa shape index (κ2) is 6.43. The van der Waals surface area contributed by atoms with Gasteiger partial charge in [-0.2, -0.15) is 0 Å². The number of aromatic carboxylic acids is 1. The lowest BCUT2D eigenvalue weighted by Crippen LogP contribution is -2.04. The summed E-state index contributed by atoms with van der Waals surface area (Å²) in [5.41, 5.74) is 3.39. The smallest absolute Gasteiger partial charge is 0.337 e. The molecule has 0 aliphatic carbocycles. The van der Waals surface area contributed by atoms with Crippen LogP contribution in [-0.2, 0) is 0 Å². The van der Waals surface area contributed by atoms with Crippen molar-refractivity contribution in [2.75, 3.05) is 7.11 Å². The molecule has 2 aromatic carbocycles. The van der Waals surface area contributed by atoms with E-state index in [4.69, 9.17) is 4.74 Å². The van der Waals surface area contributed by atoms with Gasteiger partial charge in [-0.3, -0.25) is 0 Å². The second-order valence-electron chi connectivity index (χ2n) is 5.79. The summed E-state index contributed by atoms with van der Waals surface area (Å²) >= 11 is 0. The van der Waals surface area contributed by atoms with Crippen LogP contribution in [0.4, 0.5) is 4.39 Å². The molecule has 0 aliphatic heterocycles. The summed E-state index contributed by atoms with van der Waals surface area (Å²) in [4.78, 5) is 11.4. The van der Waals surface area contributed by atoms with Gasteiger partial charge in [0.25, 0.3) is 0 Å². The molecule has 0 amide bonds. The van der Waals surface area contributed by atoms with Gasteiger partial charge in [0.05, 0.1) is 18.4 Å². The number of methoxy groups -OCH3 is 1. The van der Waals surface area contributed by atoms with Crippen molar-refractivity contribution in [3.63, 3.8) is 0 Å². The molecule has 0 saturated heterocycles. The van der Waals surface area contributed by atoms with Crippen LogP contribution in [0.3, 0.4) is 0 Å². The van der Waals surface area contributed by atoms with Crippen molar-refractivity contribution in [3.8, 4) is 22.6 Å². The molecule has 0 saturated carbocycles. The number of halogens is 1. The maximum atomic E-state index is 14.5. The first-order valence-electron chi connectivity index (χ1n) is 7.79. The largest absolute Gasteiger partial charge is 0.497 e. The monoisotopic (exact) mass is 339 g/mol. The molecule has 25 heavy (non-hydrogen) atoms. The summed E-state index contributed by atoms with van der Waals surface area (Å²) in [6, 6.07) is 13.5. The van der Waals surface area contributed by atoms with Gasteiger partial charge in [-0.1, -0.05) is 18.2 Å². The molecule has 0 radical (unpaired) electrons. The molecule has 0 fully saturated rings. The van der Waals surface area contributed by atoms with Gasteiger partial charge in [0.15, 0.2) is 0 Å². The fourth-order valence-electron chi connectivity index (χ4n) is 3.08. The summed E-state index contributed by atoms with van der Waals surface area (Å²) in [6.07, 6.45) is 0. The topological polar surface area (TPSA) is 51.5 Å². The second-order valence-corrected chi connectivity index (χ2v) is 5.79. The third-order valence-electron chi connectivity index (χ3n) is 4.27. The van der Waals surface area contributed by atoms with E-state index in [1.54, 1.807) is 25.1 Å². The highest BCUT2D eigenvalue weighted by molar-refractivity contribution is 5.90. The van der Waals surface area contributed by atoms with Crippen LogP contribution >= 0.6 is 0 Å². The lowest BCUT2D eigenvalue weighted by atomic mass is 10.0. The number of para-hydroxylation sites is 1. The van der Waals surface area contributed by atoms with E-state index >= 15 is 0 Å². The Kier molecular flexibility index (Phi) is 4.31. The van der Waals surface area contributed by atoms with Gasteiger partial charge in [0, 0.05) is 22.5 Å². The van der Waals surface area contributed by atoms with Crippen LogP contribution in [0.5, 0.6) is 5.75 Å². The normalized spacial score (nSPS) is 10.7. The third kappa shape index (κ3) is 2.89. The molecule has 0 spiro atoms. The molecule has 4 nitrogen and oxygen atoms in total. The minimum Gasteiger partial charge on any atom is -0.497 e. The van der Waals surface area contributed by atoms with Crippen molar-refractivity contribution in [1.29, 1.82) is 0 Å². The summed E-state index contributed by atoms with van der Waals surface area (Å²) in [5.74, 6) is -0.794. The Balaban J connectivity index is 2.27. The van der Waals surface area contributed by atoms with Gasteiger partial charge < -0.3 is 14.4 Å². The first kappa shape index (κ1) is 16.8. The molecule has 5 heteroatoms. The van der Waals surface area contributed by atoms with E-state index in [9.17, 15) is 14.3 Å². The highest BCUT2D eigenvalue weighted by atomic mass is 19.1. The molecule has 0 unspecified atom stereocenters. The Bertz CT molecular complexity index is 960. The lowest BCUT2D eigenvalue weighted by molar-refractivity contribution is 0.0696. The van der Waals surface area contributed by atoms with E-state index < -0.39 is 5.97 Å². The first-order chi connectivity index (χ1) is 11.9. The Morgan fingerprint density at radius 1 is 1.08 bits per heavy atom. The molecule has 0 aliphatic rings. The van der Waals surface area contributed by atoms with Crippen molar-refractivity contribution < 1.29 is 19.0 Å². The molecule has 3 aromatic rings. The standard InChI is InChI=1S/C20H18FNO3/c1-12-10-16(20(23)24)13(2)22(12)19-7-5-4-6-15(19)17-11-14(25-3)8-9-18(17)21/h4-11H,1-3H3,(H,23,24). The maximum Gasteiger partial charge on any atom is 0.337 e. The molecule has 3 rings (SSSR count). The van der Waals surface area contributed by atoms with Crippen LogP contribution in [0.1, 0.15) is 21.7 Å². The van der Waals surface area contributed by atoms with Crippen LogP contribution in [0.25, 0.3) is 16.8 Å². The molecule has 128 valence electrons. The van der Waals surface area contributed by atoms with Crippen LogP contribution in [-0.4, -0.2) is 22.8 Å². The average molecular weight is 339 g/mol. The number of hydrogen-bond acceptors (Lipinski definition) is 2. The Hall–Kier alpha value is -3.08. The Morgan fingerprint density at radius 3 is 2.44 bits per heavy atom. The maximum absolute atomic E-state index is 14.5. The zero-order valence-electron chi connectivity index (χ0n) is 14.2. The fraction of sp³-hybridized carbons (Fsp3) is 0.150. The molecule has 0 atom stereocenters. The predicted molar refractivity (Wildman–Crippen MR) is 94.1 cm³/mol. The predicted octanol–water partition coefficient (Wildman–Crippen LogP) is 4.61. The summed E-state index contributed by atoms with van der Waals surface area (Å²) < 4.78 is 21.5. The van der Waals surface area contributed by atoms with Crippen LogP contribution in [0, 0.1) is 19.7 Å². The number of benzene rings is 2. The average Bonchev–Trinajstić information content (AvgIpc) is 2.90. The molecular formula is C20H18FNO3. The summed E-state index contributed by atoms with van der Waals surface area (Å²) in [5, 5.41) is 9.36. The third-order valence-corrected chi connectivity index (χ3v) is 4.27. The van der Waals surface area contributed by atoms with Gasteiger partial charge in [0.2, 0.25) is 0 Å². The first-order valence-corrected chi connectivity index (χ1v) is 7.79. The number of carbonyl (C=O) groups is 1. The van der Waals surface area contributed by atoms with E-state index in [1.807, 2.05) is 35.8 Å². The van der Waals surface area contributed by atoms with Crippen molar-refractivity contribution in [1.82, 2.24) is 4.57 Å². The van der Waals surface area contributed by atoms with Crippen LogP contribution < -0.4 is 4.74 Å². The van der Waals surface area contributed by atoms with E-state index in [0.29, 0.717) is 22.6 Å². The van der Waals surface area contributed by atoms with Crippen LogP contribution in [0.2, 0.25) is 0 Å². The Labute approximate surface area is 145 Å². The van der Waals surface area contributed by atoms with E-state index in [1.165, 1.54) is 13.2 Å². The number of aryl methyl sites for hydroxylation is 1. The van der Waals surface area contributed by atoms with Gasteiger partial charge in [0.1, 0.15) is 11.6 Å². The fourth-order valence-corrected chi connectivity index (χ4v) is 3.08. The van der Waals surface area contributed by atoms with Gasteiger partial charge in [-0.15, -0.1) is 0 Å². The lowest BCUT2D eigenvalue weighted by Gasteiger charge is -2.16. The summed E-state index contributed by atoms with van der Waals surface area (Å²) in [7, 11) is 1.53. The number of ether oxygens (including phenoxy) is 1. The molecule has 0 bridgehead atoms. The van der Waals surface area contributed by atoms with Gasteiger partial charge in [-0.05, 0) is 44.2 Å². The number of carboxylic acid groups (broad SMARTS) is 1. The van der Waals surface area contributed by atoms with Crippen molar-refractivity contribution in [3.05, 3.63) is 71.3 Å².